The van der Waals surface area contributed by atoms with E-state index in [1.54, 1.807) is 12.0 Å². The summed E-state index contributed by atoms with van der Waals surface area (Å²) in [5, 5.41) is 3.51. The maximum atomic E-state index is 11.8. The van der Waals surface area contributed by atoms with Gasteiger partial charge in [-0.2, -0.15) is 0 Å². The number of carbonyl (C=O) groups excluding carboxylic acids is 1. The number of hydrogen-bond acceptors (Lipinski definition) is 4. The van der Waals surface area contributed by atoms with Gasteiger partial charge in [-0.3, -0.25) is 0 Å². The Bertz CT molecular complexity index is 318. The molecule has 5 nitrogen and oxygen atoms in total. The molecule has 1 saturated heterocycles. The van der Waals surface area contributed by atoms with Crippen molar-refractivity contribution in [3.63, 3.8) is 0 Å². The predicted octanol–water partition coefficient (Wildman–Crippen LogP) is 2.26. The molecule has 0 aliphatic carbocycles. The second kappa shape index (κ2) is 6.76. The van der Waals surface area contributed by atoms with Crippen LogP contribution in [0.3, 0.4) is 0 Å². The van der Waals surface area contributed by atoms with Crippen LogP contribution < -0.4 is 5.32 Å². The van der Waals surface area contributed by atoms with Gasteiger partial charge in [-0.05, 0) is 32.6 Å². The van der Waals surface area contributed by atoms with E-state index in [9.17, 15) is 4.79 Å². The first-order chi connectivity index (χ1) is 9.13. The maximum Gasteiger partial charge on any atom is 0.410 e. The minimum atomic E-state index is -0.419. The first-order valence-corrected chi connectivity index (χ1v) is 7.33. The Morgan fingerprint density at radius 2 is 1.85 bits per heavy atom. The van der Waals surface area contributed by atoms with Crippen molar-refractivity contribution in [2.24, 2.45) is 5.41 Å². The second-order valence-electron chi connectivity index (χ2n) is 7.37. The van der Waals surface area contributed by atoms with E-state index in [4.69, 9.17) is 9.47 Å². The molecule has 1 N–H and O–H groups in total. The van der Waals surface area contributed by atoms with Crippen molar-refractivity contribution in [2.45, 2.75) is 52.7 Å². The zero-order valence-corrected chi connectivity index (χ0v) is 13.8. The highest BCUT2D eigenvalue weighted by atomic mass is 16.6. The van der Waals surface area contributed by atoms with Gasteiger partial charge in [0.2, 0.25) is 0 Å². The van der Waals surface area contributed by atoms with Gasteiger partial charge in [-0.1, -0.05) is 13.8 Å². The van der Waals surface area contributed by atoms with Crippen molar-refractivity contribution >= 4 is 6.09 Å². The monoisotopic (exact) mass is 286 g/mol. The predicted molar refractivity (Wildman–Crippen MR) is 79.9 cm³/mol. The summed E-state index contributed by atoms with van der Waals surface area (Å²) in [6, 6.07) is 0.379. The Kier molecular flexibility index (Phi) is 5.83. The van der Waals surface area contributed by atoms with E-state index in [0.29, 0.717) is 6.04 Å². The Hall–Kier alpha value is -0.810. The van der Waals surface area contributed by atoms with E-state index >= 15 is 0 Å². The van der Waals surface area contributed by atoms with Crippen molar-refractivity contribution in [1.29, 1.82) is 0 Å². The van der Waals surface area contributed by atoms with Crippen LogP contribution in [0.5, 0.6) is 0 Å². The largest absolute Gasteiger partial charge is 0.444 e. The molecule has 1 rings (SSSR count). The highest BCUT2D eigenvalue weighted by molar-refractivity contribution is 5.69. The molecule has 0 aromatic heterocycles. The summed E-state index contributed by atoms with van der Waals surface area (Å²) >= 11 is 0. The van der Waals surface area contributed by atoms with Crippen molar-refractivity contribution in [3.05, 3.63) is 0 Å². The van der Waals surface area contributed by atoms with Crippen LogP contribution in [0, 0.1) is 5.41 Å². The SMILES string of the molecule is COCCC(C)(C)CNC1CN(C(=O)OC(C)(C)C)C1. The van der Waals surface area contributed by atoms with Crippen molar-refractivity contribution < 1.29 is 14.3 Å². The summed E-state index contributed by atoms with van der Waals surface area (Å²) in [6.45, 7) is 13.3. The van der Waals surface area contributed by atoms with Crippen LogP contribution >= 0.6 is 0 Å². The first-order valence-electron chi connectivity index (χ1n) is 7.33. The molecule has 0 aromatic carbocycles. The van der Waals surface area contributed by atoms with E-state index in [1.165, 1.54) is 0 Å². The van der Waals surface area contributed by atoms with Crippen molar-refractivity contribution in [3.8, 4) is 0 Å². The summed E-state index contributed by atoms with van der Waals surface area (Å²) in [7, 11) is 1.73. The lowest BCUT2D eigenvalue weighted by molar-refractivity contribution is 0.00428. The second-order valence-corrected chi connectivity index (χ2v) is 7.37. The lowest BCUT2D eigenvalue weighted by atomic mass is 9.89. The summed E-state index contributed by atoms with van der Waals surface area (Å²) in [5.41, 5.74) is -0.208. The third kappa shape index (κ3) is 6.09. The van der Waals surface area contributed by atoms with Crippen LogP contribution in [0.4, 0.5) is 4.79 Å². The number of nitrogens with zero attached hydrogens (tertiary/aromatic N) is 1. The zero-order valence-electron chi connectivity index (χ0n) is 13.8. The number of hydrogen-bond donors (Lipinski definition) is 1. The molecule has 5 heteroatoms. The van der Waals surface area contributed by atoms with Gasteiger partial charge in [0.1, 0.15) is 5.60 Å². The van der Waals surface area contributed by atoms with Gasteiger partial charge in [0, 0.05) is 39.4 Å². The van der Waals surface area contributed by atoms with Crippen molar-refractivity contribution in [2.75, 3.05) is 33.4 Å². The highest BCUT2D eigenvalue weighted by Gasteiger charge is 2.34. The van der Waals surface area contributed by atoms with E-state index in [0.717, 1.165) is 32.7 Å². The van der Waals surface area contributed by atoms with Crippen LogP contribution in [-0.4, -0.2) is 56.0 Å². The Morgan fingerprint density at radius 3 is 2.35 bits per heavy atom. The number of methoxy groups -OCH3 is 1. The maximum absolute atomic E-state index is 11.8. The van der Waals surface area contributed by atoms with Crippen molar-refractivity contribution in [1.82, 2.24) is 10.2 Å². The normalized spacial score (nSPS) is 17.0. The molecule has 1 heterocycles. The van der Waals surface area contributed by atoms with Gasteiger partial charge in [0.05, 0.1) is 0 Å². The van der Waals surface area contributed by atoms with Gasteiger partial charge in [-0.25, -0.2) is 4.79 Å². The molecule has 0 aromatic rings. The number of nitrogens with one attached hydrogen (secondary N) is 1. The minimum Gasteiger partial charge on any atom is -0.444 e. The standard InChI is InChI=1S/C15H30N2O3/c1-14(2,3)20-13(18)17-9-12(10-17)16-11-15(4,5)7-8-19-6/h12,16H,7-11H2,1-6H3. The van der Waals surface area contributed by atoms with Gasteiger partial charge in [0.15, 0.2) is 0 Å². The molecule has 0 bridgehead atoms. The molecule has 1 aliphatic heterocycles. The van der Waals surface area contributed by atoms with Gasteiger partial charge < -0.3 is 19.7 Å². The number of carbonyl (C=O) groups is 1. The molecule has 1 aliphatic rings. The highest BCUT2D eigenvalue weighted by Crippen LogP contribution is 2.20. The summed E-state index contributed by atoms with van der Waals surface area (Å²) in [5.74, 6) is 0. The number of likely N-dealkylation sites (tertiary alicyclic amines) is 1. The van der Waals surface area contributed by atoms with E-state index < -0.39 is 5.60 Å². The number of amides is 1. The summed E-state index contributed by atoms with van der Waals surface area (Å²) in [6.07, 6.45) is 0.813. The molecule has 0 saturated carbocycles. The molecule has 118 valence electrons. The molecule has 0 atom stereocenters. The molecule has 20 heavy (non-hydrogen) atoms. The molecule has 0 spiro atoms. The van der Waals surface area contributed by atoms with Crippen LogP contribution in [0.15, 0.2) is 0 Å². The number of rotatable bonds is 6. The smallest absolute Gasteiger partial charge is 0.410 e. The summed E-state index contributed by atoms with van der Waals surface area (Å²) in [4.78, 5) is 13.5. The lowest BCUT2D eigenvalue weighted by Crippen LogP contribution is -2.61. The minimum absolute atomic E-state index is 0.211. The molecular formula is C15H30N2O3. The Morgan fingerprint density at radius 1 is 1.25 bits per heavy atom. The third-order valence-corrected chi connectivity index (χ3v) is 3.39. The average Bonchev–Trinajstić information content (AvgIpc) is 2.21. The van der Waals surface area contributed by atoms with Crippen LogP contribution in [-0.2, 0) is 9.47 Å². The van der Waals surface area contributed by atoms with Gasteiger partial charge in [0.25, 0.3) is 0 Å². The summed E-state index contributed by atoms with van der Waals surface area (Å²) < 4.78 is 10.5. The fourth-order valence-electron chi connectivity index (χ4n) is 1.97. The molecule has 1 fully saturated rings. The molecule has 0 radical (unpaired) electrons. The molecule has 1 amide bonds. The van der Waals surface area contributed by atoms with E-state index in [2.05, 4.69) is 19.2 Å². The number of ether oxygens (including phenoxy) is 2. The van der Waals surface area contributed by atoms with Gasteiger partial charge in [-0.15, -0.1) is 0 Å². The average molecular weight is 286 g/mol. The topological polar surface area (TPSA) is 50.8 Å². The lowest BCUT2D eigenvalue weighted by Gasteiger charge is -2.41. The first kappa shape index (κ1) is 17.2. The van der Waals surface area contributed by atoms with E-state index in [1.807, 2.05) is 20.8 Å². The fraction of sp³-hybridized carbons (Fsp3) is 0.933. The van der Waals surface area contributed by atoms with Crippen LogP contribution in [0.25, 0.3) is 0 Å². The Labute approximate surface area is 123 Å². The van der Waals surface area contributed by atoms with Crippen LogP contribution in [0.1, 0.15) is 41.0 Å². The van der Waals surface area contributed by atoms with Gasteiger partial charge >= 0.3 is 6.09 Å². The third-order valence-electron chi connectivity index (χ3n) is 3.39. The van der Waals surface area contributed by atoms with E-state index in [-0.39, 0.29) is 11.5 Å². The zero-order chi connectivity index (χ0) is 15.4. The Balaban J connectivity index is 2.20. The quantitative estimate of drug-likeness (QED) is 0.813. The van der Waals surface area contributed by atoms with Crippen LogP contribution in [0.2, 0.25) is 0 Å². The molecular weight excluding hydrogens is 256 g/mol. The molecule has 0 unspecified atom stereocenters. The fourth-order valence-corrected chi connectivity index (χ4v) is 1.97.